The van der Waals surface area contributed by atoms with Gasteiger partial charge >= 0.3 is 5.97 Å². The summed E-state index contributed by atoms with van der Waals surface area (Å²) in [6.07, 6.45) is 1.48. The topological polar surface area (TPSA) is 50.1 Å². The summed E-state index contributed by atoms with van der Waals surface area (Å²) in [6, 6.07) is 8.68. The van der Waals surface area contributed by atoms with Crippen molar-refractivity contribution in [1.29, 1.82) is 5.26 Å². The smallest absolute Gasteiger partial charge is 0.349 e. The van der Waals surface area contributed by atoms with Crippen molar-refractivity contribution in [3.63, 3.8) is 0 Å². The second-order valence-electron chi connectivity index (χ2n) is 2.72. The van der Waals surface area contributed by atoms with Gasteiger partial charge in [-0.25, -0.2) is 4.79 Å². The molecule has 0 aliphatic rings. The molecule has 3 nitrogen and oxygen atoms in total. The van der Waals surface area contributed by atoms with Crippen molar-refractivity contribution in [2.24, 2.45) is 0 Å². The van der Waals surface area contributed by atoms with E-state index >= 15 is 0 Å². The zero-order valence-corrected chi connectivity index (χ0v) is 8.78. The van der Waals surface area contributed by atoms with Crippen LogP contribution in [0, 0.1) is 11.3 Å². The summed E-state index contributed by atoms with van der Waals surface area (Å²) in [6.45, 7) is 0. The van der Waals surface area contributed by atoms with Crippen molar-refractivity contribution >= 4 is 23.6 Å². The molecular weight excluding hydrogens is 214 g/mol. The van der Waals surface area contributed by atoms with Crippen LogP contribution in [0.15, 0.2) is 29.3 Å². The molecular formula is C11H8ClNO2. The van der Waals surface area contributed by atoms with Crippen molar-refractivity contribution in [3.05, 3.63) is 40.4 Å². The van der Waals surface area contributed by atoms with Gasteiger partial charge in [0.1, 0.15) is 5.03 Å². The summed E-state index contributed by atoms with van der Waals surface area (Å²) < 4.78 is 4.44. The average Bonchev–Trinajstić information content (AvgIpc) is 2.29. The largest absolute Gasteiger partial charge is 0.465 e. The summed E-state index contributed by atoms with van der Waals surface area (Å²) in [5.41, 5.74) is 1.30. The zero-order chi connectivity index (χ0) is 11.3. The van der Waals surface area contributed by atoms with Crippen LogP contribution in [0.1, 0.15) is 11.1 Å². The van der Waals surface area contributed by atoms with Gasteiger partial charge in [-0.15, -0.1) is 0 Å². The van der Waals surface area contributed by atoms with Crippen LogP contribution in [-0.4, -0.2) is 13.1 Å². The van der Waals surface area contributed by atoms with Crippen molar-refractivity contribution in [2.45, 2.75) is 0 Å². The molecule has 0 heterocycles. The van der Waals surface area contributed by atoms with E-state index in [9.17, 15) is 4.79 Å². The number of benzene rings is 1. The third-order valence-corrected chi connectivity index (χ3v) is 1.98. The summed E-state index contributed by atoms with van der Waals surface area (Å²) in [5, 5.41) is 8.57. The number of esters is 1. The minimum atomic E-state index is -0.582. The number of ether oxygens (including phenoxy) is 1. The van der Waals surface area contributed by atoms with E-state index in [4.69, 9.17) is 16.9 Å². The molecule has 0 aliphatic carbocycles. The lowest BCUT2D eigenvalue weighted by molar-refractivity contribution is -0.135. The molecule has 0 atom stereocenters. The van der Waals surface area contributed by atoms with Gasteiger partial charge in [0.15, 0.2) is 0 Å². The summed E-state index contributed by atoms with van der Waals surface area (Å²) >= 11 is 5.66. The molecule has 0 amide bonds. The molecule has 1 aromatic rings. The standard InChI is InChI=1S/C11H8ClNO2/c1-15-11(14)10(12)6-8-2-4-9(7-13)5-3-8/h2-6H,1H3/b10-6-. The quantitative estimate of drug-likeness (QED) is 0.569. The number of halogens is 1. The lowest BCUT2D eigenvalue weighted by Crippen LogP contribution is -1.99. The molecule has 1 rings (SSSR count). The Morgan fingerprint density at radius 1 is 1.47 bits per heavy atom. The lowest BCUT2D eigenvalue weighted by Gasteiger charge is -1.97. The Morgan fingerprint density at radius 3 is 2.53 bits per heavy atom. The molecule has 0 saturated carbocycles. The molecule has 15 heavy (non-hydrogen) atoms. The van der Waals surface area contributed by atoms with Crippen molar-refractivity contribution < 1.29 is 9.53 Å². The predicted octanol–water partition coefficient (Wildman–Crippen LogP) is 2.31. The molecule has 0 N–H and O–H groups in total. The second-order valence-corrected chi connectivity index (χ2v) is 3.12. The predicted molar refractivity (Wildman–Crippen MR) is 57.0 cm³/mol. The number of hydrogen-bond acceptors (Lipinski definition) is 3. The van der Waals surface area contributed by atoms with Gasteiger partial charge in [-0.2, -0.15) is 5.26 Å². The minimum absolute atomic E-state index is 0.00204. The first kappa shape index (κ1) is 11.3. The zero-order valence-electron chi connectivity index (χ0n) is 8.03. The van der Waals surface area contributed by atoms with Crippen molar-refractivity contribution in [2.75, 3.05) is 7.11 Å². The van der Waals surface area contributed by atoms with Crippen LogP contribution in [0.5, 0.6) is 0 Å². The highest BCUT2D eigenvalue weighted by molar-refractivity contribution is 6.43. The van der Waals surface area contributed by atoms with Crippen LogP contribution in [0.4, 0.5) is 0 Å². The molecule has 0 radical (unpaired) electrons. The Hall–Kier alpha value is -1.79. The van der Waals surface area contributed by atoms with Crippen LogP contribution < -0.4 is 0 Å². The Bertz CT molecular complexity index is 429. The molecule has 0 aliphatic heterocycles. The molecule has 4 heteroatoms. The Kier molecular flexibility index (Phi) is 3.90. The molecule has 0 bridgehead atoms. The highest BCUT2D eigenvalue weighted by atomic mass is 35.5. The van der Waals surface area contributed by atoms with Gasteiger partial charge in [0.25, 0.3) is 0 Å². The van der Waals surface area contributed by atoms with Crippen LogP contribution in [0.25, 0.3) is 6.08 Å². The van der Waals surface area contributed by atoms with Gasteiger partial charge < -0.3 is 4.74 Å². The first-order valence-electron chi connectivity index (χ1n) is 4.13. The van der Waals surface area contributed by atoms with Crippen molar-refractivity contribution in [1.82, 2.24) is 0 Å². The van der Waals surface area contributed by atoms with Gasteiger partial charge in [0.2, 0.25) is 0 Å². The molecule has 0 saturated heterocycles. The normalized spacial score (nSPS) is 10.6. The van der Waals surface area contributed by atoms with Crippen LogP contribution in [0.3, 0.4) is 0 Å². The first-order chi connectivity index (χ1) is 7.17. The number of hydrogen-bond donors (Lipinski definition) is 0. The van der Waals surface area contributed by atoms with E-state index in [1.807, 2.05) is 6.07 Å². The number of carbonyl (C=O) groups excluding carboxylic acids is 1. The van der Waals surface area contributed by atoms with Crippen molar-refractivity contribution in [3.8, 4) is 6.07 Å². The SMILES string of the molecule is COC(=O)/C(Cl)=C/c1ccc(C#N)cc1. The van der Waals surface area contributed by atoms with Gasteiger partial charge in [0.05, 0.1) is 18.7 Å². The number of carbonyl (C=O) groups is 1. The van der Waals surface area contributed by atoms with E-state index in [1.54, 1.807) is 24.3 Å². The Balaban J connectivity index is 2.90. The fourth-order valence-electron chi connectivity index (χ4n) is 0.957. The maximum absolute atomic E-state index is 11.0. The second kappa shape index (κ2) is 5.18. The maximum atomic E-state index is 11.0. The van der Waals surface area contributed by atoms with E-state index in [-0.39, 0.29) is 5.03 Å². The minimum Gasteiger partial charge on any atom is -0.465 e. The molecule has 0 spiro atoms. The van der Waals surface area contributed by atoms with Gasteiger partial charge in [-0.05, 0) is 23.8 Å². The van der Waals surface area contributed by atoms with Gasteiger partial charge in [-0.3, -0.25) is 0 Å². The molecule has 0 aromatic heterocycles. The highest BCUT2D eigenvalue weighted by Crippen LogP contribution is 2.12. The number of nitriles is 1. The van der Waals surface area contributed by atoms with E-state index in [0.717, 1.165) is 5.56 Å². The van der Waals surface area contributed by atoms with E-state index in [0.29, 0.717) is 5.56 Å². The first-order valence-corrected chi connectivity index (χ1v) is 4.51. The van der Waals surface area contributed by atoms with E-state index < -0.39 is 5.97 Å². The Labute approximate surface area is 92.5 Å². The molecule has 0 fully saturated rings. The Morgan fingerprint density at radius 2 is 2.07 bits per heavy atom. The van der Waals surface area contributed by atoms with Crippen LogP contribution in [0.2, 0.25) is 0 Å². The summed E-state index contributed by atoms with van der Waals surface area (Å²) in [5.74, 6) is -0.582. The van der Waals surface area contributed by atoms with Gasteiger partial charge in [-0.1, -0.05) is 23.7 Å². The summed E-state index contributed by atoms with van der Waals surface area (Å²) in [7, 11) is 1.26. The molecule has 1 aromatic carbocycles. The third kappa shape index (κ3) is 3.12. The number of methoxy groups -OCH3 is 1. The number of nitrogens with zero attached hydrogens (tertiary/aromatic N) is 1. The van der Waals surface area contributed by atoms with E-state index in [1.165, 1.54) is 13.2 Å². The third-order valence-electron chi connectivity index (χ3n) is 1.71. The van der Waals surface area contributed by atoms with Gasteiger partial charge in [0, 0.05) is 0 Å². The lowest BCUT2D eigenvalue weighted by atomic mass is 10.1. The fourth-order valence-corrected chi connectivity index (χ4v) is 1.16. The monoisotopic (exact) mass is 221 g/mol. The average molecular weight is 222 g/mol. The maximum Gasteiger partial charge on any atom is 0.349 e. The number of rotatable bonds is 2. The molecule has 0 unspecified atom stereocenters. The fraction of sp³-hybridized carbons (Fsp3) is 0.0909. The molecule has 76 valence electrons. The van der Waals surface area contributed by atoms with Crippen LogP contribution in [-0.2, 0) is 9.53 Å². The van der Waals surface area contributed by atoms with Crippen LogP contribution >= 0.6 is 11.6 Å². The summed E-state index contributed by atoms with van der Waals surface area (Å²) in [4.78, 5) is 11.0. The highest BCUT2D eigenvalue weighted by Gasteiger charge is 2.05. The van der Waals surface area contributed by atoms with E-state index in [2.05, 4.69) is 4.74 Å².